The summed E-state index contributed by atoms with van der Waals surface area (Å²) in [6.07, 6.45) is 14.1. The van der Waals surface area contributed by atoms with Gasteiger partial charge in [-0.05, 0) is 54.1 Å². The number of urea groups is 1. The van der Waals surface area contributed by atoms with Crippen molar-refractivity contribution in [1.29, 1.82) is 0 Å². The second-order valence-electron chi connectivity index (χ2n) is 15.8. The summed E-state index contributed by atoms with van der Waals surface area (Å²) in [4.78, 5) is 69.4. The van der Waals surface area contributed by atoms with Crippen LogP contribution in [0.5, 0.6) is 0 Å². The van der Waals surface area contributed by atoms with Crippen LogP contribution in [0.25, 0.3) is 0 Å². The first-order chi connectivity index (χ1) is 23.9. The van der Waals surface area contributed by atoms with Crippen molar-refractivity contribution in [3.63, 3.8) is 0 Å². The zero-order valence-electron chi connectivity index (χ0n) is 30.2. The van der Waals surface area contributed by atoms with Crippen molar-refractivity contribution in [3.05, 3.63) is 30.3 Å². The molecule has 0 radical (unpaired) electrons. The van der Waals surface area contributed by atoms with Gasteiger partial charge in [-0.3, -0.25) is 19.2 Å². The highest BCUT2D eigenvalue weighted by Gasteiger charge is 2.70. The van der Waals surface area contributed by atoms with Gasteiger partial charge >= 0.3 is 6.03 Å². The standard InChI is InChI=1S/C38H51N5O7S/c1-8-10-19-27(30(44)33(46)39-22-9-2)40-32(45)29-28-26(37(28,6)7)23-43(29)34(47)31(36(3,4)5)41-35(48)42-38(20-15-12-16-21-38)24-51(49,50)25-17-13-11-14-18-25/h1-2,11,13-14,17-18,26-29,31H,10,12,15-16,19-24H2,3-7H3,(H,39,46)(H,40,45)(H2,41,42,48)/t26-,27?,28?,29-,31+/m0/s1. The number of hydrogen-bond acceptors (Lipinski definition) is 7. The van der Waals surface area contributed by atoms with Crippen LogP contribution in [0.2, 0.25) is 0 Å². The van der Waals surface area contributed by atoms with Gasteiger partial charge in [-0.1, -0.05) is 78.0 Å². The Morgan fingerprint density at radius 1 is 0.980 bits per heavy atom. The lowest BCUT2D eigenvalue weighted by molar-refractivity contribution is -0.145. The SMILES string of the molecule is C#CCCC(NC(=O)[C@@H]1C2[C@H](CN1C(=O)[C@@H](NC(=O)NC1(CS(=O)(=O)c3ccccc3)CCCCC1)C(C)(C)C)C2(C)C)C(=O)C(=O)NCC#C. The Balaban J connectivity index is 1.56. The molecular formula is C38H51N5O7S. The Hall–Kier alpha value is -4.36. The highest BCUT2D eigenvalue weighted by atomic mass is 32.2. The summed E-state index contributed by atoms with van der Waals surface area (Å²) in [6, 6.07) is 4.17. The molecule has 0 bridgehead atoms. The van der Waals surface area contributed by atoms with Gasteiger partial charge in [-0.2, -0.15) is 0 Å². The predicted molar refractivity (Wildman–Crippen MR) is 192 cm³/mol. The largest absolute Gasteiger partial charge is 0.344 e. The molecule has 1 aromatic rings. The molecule has 1 aliphatic heterocycles. The van der Waals surface area contributed by atoms with E-state index in [9.17, 15) is 32.4 Å². The van der Waals surface area contributed by atoms with Crippen molar-refractivity contribution < 1.29 is 32.4 Å². The maximum absolute atomic E-state index is 14.5. The lowest BCUT2D eigenvalue weighted by Crippen LogP contribution is -2.63. The van der Waals surface area contributed by atoms with E-state index in [-0.39, 0.29) is 53.8 Å². The van der Waals surface area contributed by atoms with E-state index in [0.29, 0.717) is 12.8 Å². The fraction of sp³-hybridized carbons (Fsp3) is 0.605. The molecule has 1 heterocycles. The van der Waals surface area contributed by atoms with Gasteiger partial charge in [0.1, 0.15) is 12.1 Å². The molecular weight excluding hydrogens is 671 g/mol. The number of likely N-dealkylation sites (tertiary alicyclic amines) is 1. The molecule has 2 aliphatic carbocycles. The number of nitrogens with zero attached hydrogens (tertiary/aromatic N) is 1. The predicted octanol–water partition coefficient (Wildman–Crippen LogP) is 2.58. The minimum absolute atomic E-state index is 0.000802. The Labute approximate surface area is 301 Å². The number of hydrogen-bond donors (Lipinski definition) is 4. The van der Waals surface area contributed by atoms with Gasteiger partial charge in [-0.15, -0.1) is 18.8 Å². The molecule has 2 saturated carbocycles. The number of rotatable bonds is 13. The number of amides is 5. The van der Waals surface area contributed by atoms with Crippen molar-refractivity contribution in [2.24, 2.45) is 22.7 Å². The summed E-state index contributed by atoms with van der Waals surface area (Å²) >= 11 is 0. The molecule has 1 saturated heterocycles. The van der Waals surface area contributed by atoms with E-state index in [1.807, 2.05) is 13.8 Å². The summed E-state index contributed by atoms with van der Waals surface area (Å²) in [7, 11) is -3.74. The van der Waals surface area contributed by atoms with Gasteiger partial charge in [-0.25, -0.2) is 13.2 Å². The molecule has 4 N–H and O–H groups in total. The van der Waals surface area contributed by atoms with Crippen LogP contribution in [-0.4, -0.2) is 85.4 Å². The van der Waals surface area contributed by atoms with Crippen molar-refractivity contribution in [2.75, 3.05) is 18.8 Å². The number of fused-ring (bicyclic) bond motifs is 1. The van der Waals surface area contributed by atoms with Crippen LogP contribution in [0.15, 0.2) is 35.2 Å². The summed E-state index contributed by atoms with van der Waals surface area (Å²) in [5.41, 5.74) is -2.11. The first-order valence-corrected chi connectivity index (χ1v) is 19.2. The Morgan fingerprint density at radius 2 is 1.63 bits per heavy atom. The molecule has 2 unspecified atom stereocenters. The molecule has 13 heteroatoms. The molecule has 51 heavy (non-hydrogen) atoms. The summed E-state index contributed by atoms with van der Waals surface area (Å²) in [6.45, 7) is 9.51. The molecule has 3 fully saturated rings. The fourth-order valence-corrected chi connectivity index (χ4v) is 9.60. The average molecular weight is 722 g/mol. The molecule has 4 rings (SSSR count). The van der Waals surface area contributed by atoms with Gasteiger partial charge < -0.3 is 26.2 Å². The molecule has 5 amide bonds. The van der Waals surface area contributed by atoms with E-state index in [1.54, 1.807) is 39.0 Å². The molecule has 3 aliphatic rings. The lowest BCUT2D eigenvalue weighted by Gasteiger charge is -2.40. The number of terminal acetylenes is 2. The molecule has 5 atom stereocenters. The third-order valence-corrected chi connectivity index (χ3v) is 12.6. The quantitative estimate of drug-likeness (QED) is 0.179. The minimum Gasteiger partial charge on any atom is -0.344 e. The summed E-state index contributed by atoms with van der Waals surface area (Å²) in [5, 5.41) is 10.8. The topological polar surface area (TPSA) is 171 Å². The number of benzene rings is 1. The smallest absolute Gasteiger partial charge is 0.315 e. The molecule has 12 nitrogen and oxygen atoms in total. The van der Waals surface area contributed by atoms with Crippen LogP contribution in [0.1, 0.15) is 79.6 Å². The van der Waals surface area contributed by atoms with Crippen LogP contribution < -0.4 is 21.3 Å². The van der Waals surface area contributed by atoms with Crippen molar-refractivity contribution in [2.45, 2.75) is 108 Å². The Bertz CT molecular complexity index is 1700. The molecule has 0 aromatic heterocycles. The Morgan fingerprint density at radius 3 is 2.22 bits per heavy atom. The van der Waals surface area contributed by atoms with Crippen molar-refractivity contribution in [1.82, 2.24) is 26.2 Å². The maximum Gasteiger partial charge on any atom is 0.315 e. The minimum atomic E-state index is -3.74. The molecule has 276 valence electrons. The maximum atomic E-state index is 14.5. The first-order valence-electron chi connectivity index (χ1n) is 17.5. The monoisotopic (exact) mass is 721 g/mol. The zero-order chi connectivity index (χ0) is 37.8. The van der Waals surface area contributed by atoms with Gasteiger partial charge in [0.15, 0.2) is 9.84 Å². The Kier molecular flexibility index (Phi) is 12.0. The number of nitrogens with one attached hydrogen (secondary N) is 4. The second kappa shape index (κ2) is 15.5. The van der Waals surface area contributed by atoms with E-state index in [2.05, 4.69) is 33.1 Å². The lowest BCUT2D eigenvalue weighted by atomic mass is 9.83. The molecule has 1 aromatic carbocycles. The number of piperidine rings is 1. The van der Waals surface area contributed by atoms with Gasteiger partial charge in [0, 0.05) is 13.0 Å². The number of Topliss-reactive ketones (excluding diaryl/α,β-unsaturated/α-hetero) is 1. The van der Waals surface area contributed by atoms with Gasteiger partial charge in [0.05, 0.1) is 28.8 Å². The third kappa shape index (κ3) is 8.93. The van der Waals surface area contributed by atoms with E-state index >= 15 is 0 Å². The molecule has 0 spiro atoms. The summed E-state index contributed by atoms with van der Waals surface area (Å²) < 4.78 is 26.9. The van der Waals surface area contributed by atoms with E-state index < -0.39 is 68.5 Å². The highest BCUT2D eigenvalue weighted by Crippen LogP contribution is 2.65. The number of carbonyl (C=O) groups is 5. The van der Waals surface area contributed by atoms with Gasteiger partial charge in [0.25, 0.3) is 5.91 Å². The first kappa shape index (κ1) is 39.4. The van der Waals surface area contributed by atoms with Crippen LogP contribution in [-0.2, 0) is 29.0 Å². The van der Waals surface area contributed by atoms with E-state index in [0.717, 1.165) is 19.3 Å². The normalized spacial score (nSPS) is 22.9. The van der Waals surface area contributed by atoms with Crippen LogP contribution in [0.4, 0.5) is 4.79 Å². The summed E-state index contributed by atoms with van der Waals surface area (Å²) in [5.74, 6) is 1.24. The van der Waals surface area contributed by atoms with Crippen LogP contribution in [0.3, 0.4) is 0 Å². The van der Waals surface area contributed by atoms with Crippen LogP contribution in [0, 0.1) is 47.4 Å². The number of carbonyl (C=O) groups excluding carboxylic acids is 5. The number of sulfone groups is 1. The highest BCUT2D eigenvalue weighted by molar-refractivity contribution is 7.91. The van der Waals surface area contributed by atoms with Crippen LogP contribution >= 0.6 is 0 Å². The zero-order valence-corrected chi connectivity index (χ0v) is 31.0. The fourth-order valence-electron chi connectivity index (χ4n) is 7.77. The van der Waals surface area contributed by atoms with Crippen molar-refractivity contribution in [3.8, 4) is 24.7 Å². The average Bonchev–Trinajstić information content (AvgIpc) is 3.38. The number of ketones is 1. The second-order valence-corrected chi connectivity index (χ2v) is 17.7. The van der Waals surface area contributed by atoms with Crippen molar-refractivity contribution >= 4 is 39.4 Å². The van der Waals surface area contributed by atoms with E-state index in [1.165, 1.54) is 17.0 Å². The van der Waals surface area contributed by atoms with Gasteiger partial charge in [0.2, 0.25) is 17.6 Å². The third-order valence-electron chi connectivity index (χ3n) is 10.7. The van der Waals surface area contributed by atoms with E-state index in [4.69, 9.17) is 12.8 Å².